The van der Waals surface area contributed by atoms with Crippen molar-refractivity contribution in [3.63, 3.8) is 0 Å². The van der Waals surface area contributed by atoms with Crippen LogP contribution in [0.25, 0.3) is 0 Å². The molecule has 2 N–H and O–H groups in total. The third-order valence-corrected chi connectivity index (χ3v) is 5.04. The first-order chi connectivity index (χ1) is 9.16. The molecule has 2 unspecified atom stereocenters. The number of nitrogens with two attached hydrogens (primary N) is 1. The van der Waals surface area contributed by atoms with Gasteiger partial charge in [0.25, 0.3) is 0 Å². The highest BCUT2D eigenvalue weighted by Crippen LogP contribution is 2.26. The summed E-state index contributed by atoms with van der Waals surface area (Å²) in [6.45, 7) is 0.807. The molecule has 1 fully saturated rings. The zero-order valence-electron chi connectivity index (χ0n) is 11.7. The van der Waals surface area contributed by atoms with Crippen molar-refractivity contribution in [2.24, 2.45) is 11.7 Å². The molecule has 4 heteroatoms. The summed E-state index contributed by atoms with van der Waals surface area (Å²) in [7, 11) is 1.91. The van der Waals surface area contributed by atoms with Crippen molar-refractivity contribution in [1.29, 1.82) is 0 Å². The minimum Gasteiger partial charge on any atom is -0.345 e. The number of thiophene rings is 1. The van der Waals surface area contributed by atoms with E-state index in [0.29, 0.717) is 12.3 Å². The third-order valence-electron chi connectivity index (χ3n) is 4.10. The van der Waals surface area contributed by atoms with Gasteiger partial charge in [0.05, 0.1) is 0 Å². The number of carbonyl (C=O) groups is 1. The number of nitrogens with zero attached hydrogens (tertiary/aromatic N) is 1. The summed E-state index contributed by atoms with van der Waals surface area (Å²) in [6.07, 6.45) is 6.23. The molecule has 1 saturated carbocycles. The van der Waals surface area contributed by atoms with Crippen LogP contribution in [0.1, 0.15) is 37.0 Å². The topological polar surface area (TPSA) is 46.3 Å². The van der Waals surface area contributed by atoms with Crippen molar-refractivity contribution in [3.8, 4) is 0 Å². The molecule has 0 saturated heterocycles. The SMILES string of the molecule is CN(CCc1cccs1)C(=O)CC1CCCCC1N. The van der Waals surface area contributed by atoms with Crippen LogP contribution in [-0.2, 0) is 11.2 Å². The maximum Gasteiger partial charge on any atom is 0.222 e. The van der Waals surface area contributed by atoms with Gasteiger partial charge in [0.1, 0.15) is 0 Å². The van der Waals surface area contributed by atoms with Crippen molar-refractivity contribution >= 4 is 17.2 Å². The number of amides is 1. The van der Waals surface area contributed by atoms with E-state index >= 15 is 0 Å². The molecule has 0 bridgehead atoms. The maximum atomic E-state index is 12.2. The minimum atomic E-state index is 0.225. The lowest BCUT2D eigenvalue weighted by Gasteiger charge is -2.29. The Morgan fingerprint density at radius 1 is 1.47 bits per heavy atom. The molecular formula is C15H24N2OS. The number of likely N-dealkylation sites (N-methyl/N-ethyl adjacent to an activating group) is 1. The van der Waals surface area contributed by atoms with Gasteiger partial charge in [0.15, 0.2) is 0 Å². The van der Waals surface area contributed by atoms with Crippen LogP contribution < -0.4 is 5.73 Å². The molecule has 1 aliphatic rings. The molecular weight excluding hydrogens is 256 g/mol. The summed E-state index contributed by atoms with van der Waals surface area (Å²) >= 11 is 1.75. The molecule has 1 aromatic heterocycles. The predicted molar refractivity (Wildman–Crippen MR) is 80.2 cm³/mol. The van der Waals surface area contributed by atoms with Gasteiger partial charge >= 0.3 is 0 Å². The Morgan fingerprint density at radius 2 is 2.26 bits per heavy atom. The van der Waals surface area contributed by atoms with E-state index in [2.05, 4.69) is 17.5 Å². The van der Waals surface area contributed by atoms with E-state index in [-0.39, 0.29) is 11.9 Å². The summed E-state index contributed by atoms with van der Waals surface area (Å²) in [5.41, 5.74) is 6.11. The zero-order valence-corrected chi connectivity index (χ0v) is 12.5. The molecule has 1 aliphatic carbocycles. The van der Waals surface area contributed by atoms with Gasteiger partial charge in [-0.1, -0.05) is 18.9 Å². The van der Waals surface area contributed by atoms with Crippen LogP contribution in [-0.4, -0.2) is 30.4 Å². The highest BCUT2D eigenvalue weighted by atomic mass is 32.1. The summed E-state index contributed by atoms with van der Waals surface area (Å²) < 4.78 is 0. The van der Waals surface area contributed by atoms with Crippen LogP contribution in [0.5, 0.6) is 0 Å². The largest absolute Gasteiger partial charge is 0.345 e. The first-order valence-corrected chi connectivity index (χ1v) is 8.06. The molecule has 19 heavy (non-hydrogen) atoms. The highest BCUT2D eigenvalue weighted by molar-refractivity contribution is 7.09. The average molecular weight is 280 g/mol. The van der Waals surface area contributed by atoms with Gasteiger partial charge in [-0.2, -0.15) is 0 Å². The Labute approximate surface area is 119 Å². The molecule has 0 spiro atoms. The molecule has 1 aromatic rings. The Balaban J connectivity index is 1.75. The smallest absolute Gasteiger partial charge is 0.222 e. The van der Waals surface area contributed by atoms with E-state index in [1.54, 1.807) is 11.3 Å². The van der Waals surface area contributed by atoms with Crippen molar-refractivity contribution in [1.82, 2.24) is 4.90 Å². The van der Waals surface area contributed by atoms with E-state index < -0.39 is 0 Å². The summed E-state index contributed by atoms with van der Waals surface area (Å²) in [4.78, 5) is 15.4. The first kappa shape index (κ1) is 14.5. The Kier molecular flexibility index (Phi) is 5.40. The third kappa shape index (κ3) is 4.32. The van der Waals surface area contributed by atoms with Crippen molar-refractivity contribution < 1.29 is 4.79 Å². The zero-order chi connectivity index (χ0) is 13.7. The van der Waals surface area contributed by atoms with Gasteiger partial charge in [0, 0.05) is 30.9 Å². The predicted octanol–water partition coefficient (Wildman–Crippen LogP) is 2.66. The van der Waals surface area contributed by atoms with Crippen molar-refractivity contribution in [2.75, 3.05) is 13.6 Å². The van der Waals surface area contributed by atoms with E-state index in [1.165, 1.54) is 17.7 Å². The molecule has 0 aromatic carbocycles. The van der Waals surface area contributed by atoms with E-state index in [0.717, 1.165) is 25.8 Å². The monoisotopic (exact) mass is 280 g/mol. The van der Waals surface area contributed by atoms with Crippen LogP contribution in [0.2, 0.25) is 0 Å². The van der Waals surface area contributed by atoms with Gasteiger partial charge in [-0.05, 0) is 36.6 Å². The quantitative estimate of drug-likeness (QED) is 0.901. The number of hydrogen-bond donors (Lipinski definition) is 1. The Morgan fingerprint density at radius 3 is 2.95 bits per heavy atom. The van der Waals surface area contributed by atoms with Crippen LogP contribution >= 0.6 is 11.3 Å². The van der Waals surface area contributed by atoms with Crippen molar-refractivity contribution in [2.45, 2.75) is 44.6 Å². The van der Waals surface area contributed by atoms with Gasteiger partial charge in [-0.15, -0.1) is 11.3 Å². The molecule has 2 rings (SSSR count). The van der Waals surface area contributed by atoms with Crippen LogP contribution in [0.4, 0.5) is 0 Å². The lowest BCUT2D eigenvalue weighted by atomic mass is 9.83. The van der Waals surface area contributed by atoms with E-state index in [9.17, 15) is 4.79 Å². The Bertz CT molecular complexity index is 391. The molecule has 3 nitrogen and oxygen atoms in total. The molecule has 1 heterocycles. The molecule has 2 atom stereocenters. The molecule has 0 radical (unpaired) electrons. The molecule has 0 aliphatic heterocycles. The normalized spacial score (nSPS) is 23.3. The number of hydrogen-bond acceptors (Lipinski definition) is 3. The standard InChI is InChI=1S/C15H24N2OS/c1-17(9-8-13-6-4-10-19-13)15(18)11-12-5-2-3-7-14(12)16/h4,6,10,12,14H,2-3,5,7-9,11,16H2,1H3. The second-order valence-electron chi connectivity index (χ2n) is 5.56. The lowest BCUT2D eigenvalue weighted by molar-refractivity contribution is -0.131. The number of rotatable bonds is 5. The van der Waals surface area contributed by atoms with Gasteiger partial charge in [0.2, 0.25) is 5.91 Å². The summed E-state index contributed by atoms with van der Waals surface area (Å²) in [6, 6.07) is 4.41. The van der Waals surface area contributed by atoms with Gasteiger partial charge in [-0.3, -0.25) is 4.79 Å². The van der Waals surface area contributed by atoms with Crippen LogP contribution in [0.3, 0.4) is 0 Å². The fraction of sp³-hybridized carbons (Fsp3) is 0.667. The number of carbonyl (C=O) groups excluding carboxylic acids is 1. The molecule has 1 amide bonds. The van der Waals surface area contributed by atoms with Crippen molar-refractivity contribution in [3.05, 3.63) is 22.4 Å². The van der Waals surface area contributed by atoms with Crippen LogP contribution in [0.15, 0.2) is 17.5 Å². The first-order valence-electron chi connectivity index (χ1n) is 7.18. The van der Waals surface area contributed by atoms with Gasteiger partial charge in [-0.25, -0.2) is 0 Å². The molecule has 106 valence electrons. The second-order valence-corrected chi connectivity index (χ2v) is 6.59. The van der Waals surface area contributed by atoms with E-state index in [1.807, 2.05) is 11.9 Å². The minimum absolute atomic E-state index is 0.225. The fourth-order valence-electron chi connectivity index (χ4n) is 2.73. The lowest BCUT2D eigenvalue weighted by Crippen LogP contribution is -2.38. The maximum absolute atomic E-state index is 12.2. The average Bonchev–Trinajstić information content (AvgIpc) is 2.91. The highest BCUT2D eigenvalue weighted by Gasteiger charge is 2.25. The second kappa shape index (κ2) is 7.06. The van der Waals surface area contributed by atoms with Gasteiger partial charge < -0.3 is 10.6 Å². The fourth-order valence-corrected chi connectivity index (χ4v) is 3.43. The van der Waals surface area contributed by atoms with Crippen LogP contribution in [0, 0.1) is 5.92 Å². The Hall–Kier alpha value is -0.870. The van der Waals surface area contributed by atoms with E-state index in [4.69, 9.17) is 5.73 Å². The summed E-state index contributed by atoms with van der Waals surface area (Å²) in [5.74, 6) is 0.643. The summed E-state index contributed by atoms with van der Waals surface area (Å²) in [5, 5.41) is 2.08.